The summed E-state index contributed by atoms with van der Waals surface area (Å²) in [6.07, 6.45) is 1.79. The highest BCUT2D eigenvalue weighted by Crippen LogP contribution is 2.45. The van der Waals surface area contributed by atoms with Crippen molar-refractivity contribution in [2.45, 2.75) is 25.9 Å². The van der Waals surface area contributed by atoms with E-state index in [0.717, 1.165) is 38.5 Å². The molecular formula is C30H30BrN5O3S. The van der Waals surface area contributed by atoms with Crippen molar-refractivity contribution in [3.05, 3.63) is 100 Å². The molecule has 0 bridgehead atoms. The summed E-state index contributed by atoms with van der Waals surface area (Å²) in [5.74, 6) is 0.263. The second kappa shape index (κ2) is 11.8. The molecule has 206 valence electrons. The normalized spacial score (nSPS) is 16.6. The van der Waals surface area contributed by atoms with Crippen molar-refractivity contribution >= 4 is 50.5 Å². The number of methoxy groups -OCH3 is 2. The second-order valence-corrected chi connectivity index (χ2v) is 10.8. The number of hydrogen-bond acceptors (Lipinski definition) is 5. The predicted molar refractivity (Wildman–Crippen MR) is 164 cm³/mol. The third-order valence-electron chi connectivity index (χ3n) is 6.98. The van der Waals surface area contributed by atoms with Gasteiger partial charge in [-0.1, -0.05) is 22.0 Å². The Labute approximate surface area is 247 Å². The summed E-state index contributed by atoms with van der Waals surface area (Å²) in [5.41, 5.74) is 6.62. The number of pyridine rings is 1. The maximum atomic E-state index is 12.4. The minimum Gasteiger partial charge on any atom is -0.495 e. The molecular weight excluding hydrogens is 590 g/mol. The summed E-state index contributed by atoms with van der Waals surface area (Å²) in [6, 6.07) is 21.6. The minimum absolute atomic E-state index is 0.0660. The number of hydrogen-bond donors (Lipinski definition) is 2. The first-order chi connectivity index (χ1) is 19.3. The van der Waals surface area contributed by atoms with Gasteiger partial charge in [0.2, 0.25) is 5.91 Å². The lowest BCUT2D eigenvalue weighted by atomic mass is 9.96. The number of amides is 1. The van der Waals surface area contributed by atoms with Crippen molar-refractivity contribution in [3.8, 4) is 11.4 Å². The smallest absolute Gasteiger partial charge is 0.250 e. The van der Waals surface area contributed by atoms with E-state index in [9.17, 15) is 4.79 Å². The fourth-order valence-electron chi connectivity index (χ4n) is 5.28. The highest BCUT2D eigenvalue weighted by molar-refractivity contribution is 9.10. The number of benzene rings is 2. The Balaban J connectivity index is 1.64. The van der Waals surface area contributed by atoms with E-state index in [2.05, 4.69) is 73.1 Å². The number of anilines is 2. The van der Waals surface area contributed by atoms with Crippen molar-refractivity contribution in [2.75, 3.05) is 31.0 Å². The first-order valence-electron chi connectivity index (χ1n) is 12.7. The standard InChI is InChI=1S/C30H30BrN5O3S/c1-18-15-23(19(2)35(18)21-10-8-20(31)9-11-21)29-28(24-7-5-6-14-32-24)34-30(40)36(29)22-12-13-26(39-4)25(16-22)33-27(37)17-38-3/h5-16,28-29H,17H2,1-4H3,(H,33,37)(H,34,40)/t28-,29-/m1/s1. The van der Waals surface area contributed by atoms with Gasteiger partial charge in [-0.05, 0) is 92.3 Å². The number of halogens is 1. The van der Waals surface area contributed by atoms with Crippen LogP contribution in [0.5, 0.6) is 5.75 Å². The van der Waals surface area contributed by atoms with Crippen molar-refractivity contribution in [3.63, 3.8) is 0 Å². The van der Waals surface area contributed by atoms with Crippen LogP contribution >= 0.6 is 28.1 Å². The third-order valence-corrected chi connectivity index (χ3v) is 7.83. The largest absolute Gasteiger partial charge is 0.495 e. The van der Waals surface area contributed by atoms with Gasteiger partial charge in [-0.3, -0.25) is 9.78 Å². The van der Waals surface area contributed by atoms with E-state index in [1.807, 2.05) is 48.5 Å². The molecule has 0 spiro atoms. The fraction of sp³-hybridized carbons (Fsp3) is 0.233. The first-order valence-corrected chi connectivity index (χ1v) is 13.9. The lowest BCUT2D eigenvalue weighted by molar-refractivity contribution is -0.119. The van der Waals surface area contributed by atoms with Crippen LogP contribution in [0.1, 0.15) is 34.7 Å². The van der Waals surface area contributed by atoms with Crippen LogP contribution in [0.25, 0.3) is 5.69 Å². The maximum Gasteiger partial charge on any atom is 0.250 e. The predicted octanol–water partition coefficient (Wildman–Crippen LogP) is 6.02. The molecule has 2 atom stereocenters. The molecule has 2 aromatic heterocycles. The van der Waals surface area contributed by atoms with Crippen LogP contribution < -0.4 is 20.3 Å². The molecule has 1 amide bonds. The average molecular weight is 621 g/mol. The lowest BCUT2D eigenvalue weighted by Crippen LogP contribution is -2.29. The number of aryl methyl sites for hydroxylation is 1. The molecule has 3 heterocycles. The number of rotatable bonds is 8. The van der Waals surface area contributed by atoms with Gasteiger partial charge >= 0.3 is 0 Å². The SMILES string of the molecule is COCC(=O)Nc1cc(N2C(=S)N[C@H](c3ccccn3)[C@H]2c2cc(C)n(-c3ccc(Br)cc3)c2C)ccc1OC. The second-order valence-electron chi connectivity index (χ2n) is 9.50. The number of carbonyl (C=O) groups is 1. The summed E-state index contributed by atoms with van der Waals surface area (Å²) >= 11 is 9.48. The van der Waals surface area contributed by atoms with Crippen LogP contribution in [-0.2, 0) is 9.53 Å². The molecule has 40 heavy (non-hydrogen) atoms. The molecule has 0 saturated carbocycles. The molecule has 5 rings (SSSR count). The van der Waals surface area contributed by atoms with Crippen LogP contribution in [0.4, 0.5) is 11.4 Å². The Bertz CT molecular complexity index is 1540. The van der Waals surface area contributed by atoms with Gasteiger partial charge < -0.3 is 29.6 Å². The van der Waals surface area contributed by atoms with Crippen LogP contribution in [-0.4, -0.2) is 41.4 Å². The van der Waals surface area contributed by atoms with E-state index in [1.54, 1.807) is 13.3 Å². The first kappa shape index (κ1) is 27.8. The number of thiocarbonyl (C=S) groups is 1. The zero-order chi connectivity index (χ0) is 28.4. The molecule has 1 fully saturated rings. The van der Waals surface area contributed by atoms with Crippen LogP contribution in [0, 0.1) is 13.8 Å². The van der Waals surface area contributed by atoms with Crippen molar-refractivity contribution in [1.82, 2.24) is 14.9 Å². The van der Waals surface area contributed by atoms with Crippen molar-refractivity contribution in [1.29, 1.82) is 0 Å². The summed E-state index contributed by atoms with van der Waals surface area (Å²) in [6.45, 7) is 4.17. The quantitative estimate of drug-likeness (QED) is 0.233. The van der Waals surface area contributed by atoms with Gasteiger partial charge in [0.05, 0.1) is 30.6 Å². The van der Waals surface area contributed by atoms with Crippen LogP contribution in [0.3, 0.4) is 0 Å². The molecule has 0 aliphatic carbocycles. The van der Waals surface area contributed by atoms with Gasteiger partial charge in [-0.15, -0.1) is 0 Å². The Morgan fingerprint density at radius 2 is 1.82 bits per heavy atom. The minimum atomic E-state index is -0.277. The fourth-order valence-corrected chi connectivity index (χ4v) is 5.89. The topological polar surface area (TPSA) is 80.7 Å². The van der Waals surface area contributed by atoms with Crippen LogP contribution in [0.2, 0.25) is 0 Å². The van der Waals surface area contributed by atoms with E-state index in [-0.39, 0.29) is 24.6 Å². The molecule has 2 N–H and O–H groups in total. The average Bonchev–Trinajstić information content (AvgIpc) is 3.44. The maximum absolute atomic E-state index is 12.4. The summed E-state index contributed by atoms with van der Waals surface area (Å²) in [7, 11) is 3.05. The van der Waals surface area contributed by atoms with Gasteiger partial charge in [-0.25, -0.2) is 0 Å². The Hall–Kier alpha value is -3.73. The molecule has 1 aliphatic rings. The Kier molecular flexibility index (Phi) is 8.20. The van der Waals surface area contributed by atoms with Crippen LogP contribution in [0.15, 0.2) is 77.4 Å². The van der Waals surface area contributed by atoms with Gasteiger partial charge in [0.1, 0.15) is 12.4 Å². The van der Waals surface area contributed by atoms with Gasteiger partial charge in [0.15, 0.2) is 5.11 Å². The number of nitrogens with one attached hydrogen (secondary N) is 2. The molecule has 8 nitrogen and oxygen atoms in total. The molecule has 2 aromatic carbocycles. The van der Waals surface area contributed by atoms with E-state index in [1.165, 1.54) is 7.11 Å². The molecule has 1 aliphatic heterocycles. The summed E-state index contributed by atoms with van der Waals surface area (Å²) in [4.78, 5) is 19.2. The highest BCUT2D eigenvalue weighted by atomic mass is 79.9. The lowest BCUT2D eigenvalue weighted by Gasteiger charge is -2.29. The summed E-state index contributed by atoms with van der Waals surface area (Å²) in [5, 5.41) is 6.97. The third kappa shape index (κ3) is 5.34. The monoisotopic (exact) mass is 619 g/mol. The van der Waals surface area contributed by atoms with Gasteiger partial charge in [-0.2, -0.15) is 0 Å². The molecule has 1 saturated heterocycles. The Morgan fingerprint density at radius 1 is 1.07 bits per heavy atom. The van der Waals surface area contributed by atoms with E-state index >= 15 is 0 Å². The number of aromatic nitrogens is 2. The zero-order valence-electron chi connectivity index (χ0n) is 22.6. The number of ether oxygens (including phenoxy) is 2. The molecule has 0 radical (unpaired) electrons. The van der Waals surface area contributed by atoms with Crippen molar-refractivity contribution in [2.24, 2.45) is 0 Å². The number of nitrogens with zero attached hydrogens (tertiary/aromatic N) is 3. The van der Waals surface area contributed by atoms with Gasteiger partial charge in [0.25, 0.3) is 0 Å². The zero-order valence-corrected chi connectivity index (χ0v) is 25.0. The molecule has 0 unspecified atom stereocenters. The Morgan fingerprint density at radius 3 is 2.50 bits per heavy atom. The molecule has 10 heteroatoms. The highest BCUT2D eigenvalue weighted by Gasteiger charge is 2.42. The molecule has 4 aromatic rings. The van der Waals surface area contributed by atoms with E-state index in [0.29, 0.717) is 16.5 Å². The van der Waals surface area contributed by atoms with E-state index < -0.39 is 0 Å². The van der Waals surface area contributed by atoms with E-state index in [4.69, 9.17) is 21.7 Å². The van der Waals surface area contributed by atoms with Crippen molar-refractivity contribution < 1.29 is 14.3 Å². The van der Waals surface area contributed by atoms with Gasteiger partial charge in [0, 0.05) is 40.5 Å². The number of carbonyl (C=O) groups excluding carboxylic acids is 1. The summed E-state index contributed by atoms with van der Waals surface area (Å²) < 4.78 is 13.8.